The lowest BCUT2D eigenvalue weighted by molar-refractivity contribution is 0.0534. The molecule has 1 aliphatic rings. The second kappa shape index (κ2) is 10.5. The van der Waals surface area contributed by atoms with Gasteiger partial charge in [-0.3, -0.25) is 4.79 Å². The summed E-state index contributed by atoms with van der Waals surface area (Å²) < 4.78 is 25.4. The molecule has 0 aliphatic carbocycles. The third kappa shape index (κ3) is 5.65. The molecule has 7 nitrogen and oxygen atoms in total. The van der Waals surface area contributed by atoms with Crippen molar-refractivity contribution in [2.75, 3.05) is 26.3 Å². The molecule has 2 aromatic rings. The Morgan fingerprint density at radius 1 is 1.22 bits per heavy atom. The smallest absolute Gasteiger partial charge is 0.193 e. The van der Waals surface area contributed by atoms with Gasteiger partial charge in [-0.05, 0) is 42.8 Å². The predicted molar refractivity (Wildman–Crippen MR) is 120 cm³/mol. The minimum Gasteiger partial charge on any atom is -0.443 e. The molecular weight excluding hydrogens is 411 g/mol. The number of hydrogen-bond acceptors (Lipinski definition) is 6. The lowest BCUT2D eigenvalue weighted by atomic mass is 10.0. The fourth-order valence-electron chi connectivity index (χ4n) is 3.22. The Labute approximate surface area is 186 Å². The van der Waals surface area contributed by atoms with Gasteiger partial charge in [-0.15, -0.1) is 0 Å². The van der Waals surface area contributed by atoms with Crippen LogP contribution in [0.2, 0.25) is 0 Å². The molecule has 164 valence electrons. The van der Waals surface area contributed by atoms with Crippen molar-refractivity contribution in [1.29, 1.82) is 5.26 Å². The maximum absolute atomic E-state index is 14.1. The topological polar surface area (TPSA) is 87.3 Å². The number of aldehydes is 1. The fraction of sp³-hybridized carbons (Fsp3) is 0.250. The molecule has 0 N–H and O–H groups in total. The molecular formula is C24H23FN4O3. The van der Waals surface area contributed by atoms with E-state index in [0.717, 1.165) is 13.1 Å². The summed E-state index contributed by atoms with van der Waals surface area (Å²) in [6, 6.07) is 11.2. The van der Waals surface area contributed by atoms with Crippen molar-refractivity contribution < 1.29 is 18.7 Å². The van der Waals surface area contributed by atoms with Gasteiger partial charge in [0, 0.05) is 25.6 Å². The molecule has 3 rings (SSSR count). The number of carbonyl (C=O) groups excluding carboxylic acids is 1. The van der Waals surface area contributed by atoms with E-state index in [1.54, 1.807) is 38.1 Å². The summed E-state index contributed by atoms with van der Waals surface area (Å²) in [6.07, 6.45) is 0.457. The molecule has 0 aromatic heterocycles. The van der Waals surface area contributed by atoms with Crippen LogP contribution in [-0.4, -0.2) is 49.2 Å². The number of benzene rings is 2. The molecule has 0 spiro atoms. The number of nitrogens with zero attached hydrogens (tertiary/aromatic N) is 4. The van der Waals surface area contributed by atoms with Gasteiger partial charge in [-0.25, -0.2) is 14.4 Å². The quantitative estimate of drug-likeness (QED) is 0.400. The lowest BCUT2D eigenvalue weighted by Crippen LogP contribution is -2.34. The fourth-order valence-corrected chi connectivity index (χ4v) is 3.22. The molecule has 1 fully saturated rings. The number of carbonyl (C=O) groups is 1. The third-order valence-electron chi connectivity index (χ3n) is 4.79. The van der Waals surface area contributed by atoms with E-state index in [1.165, 1.54) is 12.1 Å². The van der Waals surface area contributed by atoms with Crippen molar-refractivity contribution in [1.82, 2.24) is 4.90 Å². The van der Waals surface area contributed by atoms with Crippen LogP contribution in [0.3, 0.4) is 0 Å². The van der Waals surface area contributed by atoms with Crippen LogP contribution in [0.15, 0.2) is 58.8 Å². The van der Waals surface area contributed by atoms with Crippen LogP contribution in [0.25, 0.3) is 11.1 Å². The third-order valence-corrected chi connectivity index (χ3v) is 4.79. The maximum atomic E-state index is 14.1. The van der Waals surface area contributed by atoms with Crippen LogP contribution in [0.4, 0.5) is 4.39 Å². The van der Waals surface area contributed by atoms with Gasteiger partial charge in [0.25, 0.3) is 0 Å². The van der Waals surface area contributed by atoms with Gasteiger partial charge in [-0.1, -0.05) is 12.6 Å². The summed E-state index contributed by atoms with van der Waals surface area (Å²) in [6.45, 7) is 10.1. The summed E-state index contributed by atoms with van der Waals surface area (Å²) in [5, 5.41) is 9.26. The summed E-state index contributed by atoms with van der Waals surface area (Å²) in [5.41, 5.74) is 1.41. The predicted octanol–water partition coefficient (Wildman–Crippen LogP) is 4.20. The average molecular weight is 434 g/mol. The Bertz CT molecular complexity index is 1130. The molecule has 1 aliphatic heterocycles. The van der Waals surface area contributed by atoms with Crippen molar-refractivity contribution in [3.8, 4) is 22.9 Å². The van der Waals surface area contributed by atoms with Crippen LogP contribution in [0, 0.1) is 17.1 Å². The molecule has 8 heteroatoms. The first-order valence-corrected chi connectivity index (χ1v) is 10.0. The number of hydrogen-bond donors (Lipinski definition) is 0. The van der Waals surface area contributed by atoms with Crippen LogP contribution in [-0.2, 0) is 4.74 Å². The summed E-state index contributed by atoms with van der Waals surface area (Å²) in [4.78, 5) is 21.7. The highest BCUT2D eigenvalue weighted by molar-refractivity contribution is 5.94. The van der Waals surface area contributed by atoms with Gasteiger partial charge in [0.1, 0.15) is 23.2 Å². The highest BCUT2D eigenvalue weighted by Gasteiger charge is 2.13. The van der Waals surface area contributed by atoms with Crippen molar-refractivity contribution in [2.24, 2.45) is 9.98 Å². The number of aliphatic imine (C=N–C) groups is 2. The zero-order valence-corrected chi connectivity index (χ0v) is 18.0. The average Bonchev–Trinajstić information content (AvgIpc) is 2.79. The molecule has 0 bridgehead atoms. The summed E-state index contributed by atoms with van der Waals surface area (Å²) in [7, 11) is 0. The minimum absolute atomic E-state index is 0.0325. The van der Waals surface area contributed by atoms with Crippen molar-refractivity contribution in [3.63, 3.8) is 0 Å². The van der Waals surface area contributed by atoms with Gasteiger partial charge < -0.3 is 14.4 Å². The Morgan fingerprint density at radius 3 is 2.62 bits per heavy atom. The number of halogens is 1. The van der Waals surface area contributed by atoms with Gasteiger partial charge in [0.15, 0.2) is 12.2 Å². The van der Waals surface area contributed by atoms with E-state index in [2.05, 4.69) is 22.6 Å². The largest absolute Gasteiger partial charge is 0.443 e. The highest BCUT2D eigenvalue weighted by Crippen LogP contribution is 2.32. The molecule has 0 unspecified atom stereocenters. The molecule has 1 saturated heterocycles. The number of amidine groups is 1. The zero-order chi connectivity index (χ0) is 23.1. The highest BCUT2D eigenvalue weighted by atomic mass is 19.1. The Kier molecular flexibility index (Phi) is 7.47. The van der Waals surface area contributed by atoms with Gasteiger partial charge in [0.05, 0.1) is 30.4 Å². The van der Waals surface area contributed by atoms with Crippen molar-refractivity contribution >= 4 is 18.0 Å². The van der Waals surface area contributed by atoms with E-state index in [0.29, 0.717) is 59.5 Å². The zero-order valence-electron chi connectivity index (χ0n) is 18.0. The maximum Gasteiger partial charge on any atom is 0.193 e. The molecule has 0 saturated carbocycles. The first-order chi connectivity index (χ1) is 15.4. The standard InChI is InChI=1S/C24H23FN4O3/c1-16(27-17(2)29-8-10-31-11-9-29)28-18(3)32-24-12-19(14-26)4-7-22(24)20-5-6-21(15-30)23(25)13-20/h4-7,12-13,15H,2,8-11H2,1,3H3/b27-16-,28-18+. The van der Waals surface area contributed by atoms with E-state index < -0.39 is 5.82 Å². The van der Waals surface area contributed by atoms with Gasteiger partial charge in [-0.2, -0.15) is 5.26 Å². The van der Waals surface area contributed by atoms with E-state index >= 15 is 0 Å². The Morgan fingerprint density at radius 2 is 1.97 bits per heavy atom. The molecule has 32 heavy (non-hydrogen) atoms. The van der Waals surface area contributed by atoms with E-state index in [1.807, 2.05) is 4.90 Å². The first-order valence-electron chi connectivity index (χ1n) is 10.0. The van der Waals surface area contributed by atoms with E-state index in [9.17, 15) is 14.4 Å². The number of ether oxygens (including phenoxy) is 2. The van der Waals surface area contributed by atoms with E-state index in [4.69, 9.17) is 9.47 Å². The monoisotopic (exact) mass is 434 g/mol. The summed E-state index contributed by atoms with van der Waals surface area (Å²) >= 11 is 0. The Hall–Kier alpha value is -3.83. The van der Waals surface area contributed by atoms with Gasteiger partial charge >= 0.3 is 0 Å². The number of rotatable bonds is 5. The first kappa shape index (κ1) is 22.8. The van der Waals surface area contributed by atoms with Crippen LogP contribution >= 0.6 is 0 Å². The van der Waals surface area contributed by atoms with Crippen LogP contribution in [0.5, 0.6) is 5.75 Å². The number of nitriles is 1. The molecule has 0 amide bonds. The molecule has 0 atom stereocenters. The minimum atomic E-state index is -0.636. The van der Waals surface area contributed by atoms with E-state index in [-0.39, 0.29) is 5.56 Å². The van der Waals surface area contributed by atoms with Crippen LogP contribution in [0.1, 0.15) is 29.8 Å². The SMILES string of the molecule is C=C(/N=C(C)\N=C(/C)Oc1cc(C#N)ccc1-c1ccc(C=O)c(F)c1)N1CCOCC1. The van der Waals surface area contributed by atoms with Crippen molar-refractivity contribution in [2.45, 2.75) is 13.8 Å². The Balaban J connectivity index is 1.86. The van der Waals surface area contributed by atoms with Crippen LogP contribution < -0.4 is 4.74 Å². The van der Waals surface area contributed by atoms with Crippen molar-refractivity contribution in [3.05, 3.63) is 65.7 Å². The molecule has 0 radical (unpaired) electrons. The summed E-state index contributed by atoms with van der Waals surface area (Å²) in [5.74, 6) is 1.05. The van der Waals surface area contributed by atoms with Gasteiger partial charge in [0.2, 0.25) is 0 Å². The normalized spacial score (nSPS) is 14.6. The molecule has 2 aromatic carbocycles. The molecule has 1 heterocycles. The lowest BCUT2D eigenvalue weighted by Gasteiger charge is -2.28. The second-order valence-corrected chi connectivity index (χ2v) is 7.08. The number of morpholine rings is 1. The second-order valence-electron chi connectivity index (χ2n) is 7.08.